The monoisotopic (exact) mass is 354 g/mol. The smallest absolute Gasteiger partial charge is 0.240 e. The number of aryl methyl sites for hydroxylation is 1. The lowest BCUT2D eigenvalue weighted by Gasteiger charge is -2.09. The molecule has 2 aromatic rings. The second kappa shape index (κ2) is 7.50. The number of carbonyl (C=O) groups excluding carboxylic acids is 1. The van der Waals surface area contributed by atoms with Crippen molar-refractivity contribution >= 4 is 21.6 Å². The van der Waals surface area contributed by atoms with Crippen LogP contribution in [0.25, 0.3) is 0 Å². The van der Waals surface area contributed by atoms with E-state index in [4.69, 9.17) is 0 Å². The SMILES string of the molecule is Cc1ccccc1NC(=O)CCNS(=O)(=O)c1ccc(F)c(F)c1. The number of anilines is 1. The number of rotatable bonds is 6. The zero-order chi connectivity index (χ0) is 17.7. The molecule has 8 heteroatoms. The molecule has 0 radical (unpaired) electrons. The van der Waals surface area contributed by atoms with Crippen LogP contribution in [0.1, 0.15) is 12.0 Å². The van der Waals surface area contributed by atoms with Gasteiger partial charge in [0.05, 0.1) is 4.90 Å². The lowest BCUT2D eigenvalue weighted by Crippen LogP contribution is -2.28. The first-order valence-corrected chi connectivity index (χ1v) is 8.58. The number of nitrogens with one attached hydrogen (secondary N) is 2. The maximum Gasteiger partial charge on any atom is 0.240 e. The minimum absolute atomic E-state index is 0.1000. The molecule has 0 spiro atoms. The Morgan fingerprint density at radius 3 is 2.46 bits per heavy atom. The van der Waals surface area contributed by atoms with E-state index in [0.29, 0.717) is 11.8 Å². The minimum Gasteiger partial charge on any atom is -0.326 e. The van der Waals surface area contributed by atoms with Crippen LogP contribution in [0.2, 0.25) is 0 Å². The van der Waals surface area contributed by atoms with Crippen LogP contribution in [0.3, 0.4) is 0 Å². The highest BCUT2D eigenvalue weighted by Crippen LogP contribution is 2.14. The largest absolute Gasteiger partial charge is 0.326 e. The van der Waals surface area contributed by atoms with Crippen molar-refractivity contribution in [1.82, 2.24) is 4.72 Å². The van der Waals surface area contributed by atoms with Crippen molar-refractivity contribution in [2.45, 2.75) is 18.2 Å². The molecule has 2 N–H and O–H groups in total. The number of hydrogen-bond donors (Lipinski definition) is 2. The van der Waals surface area contributed by atoms with Crippen molar-refractivity contribution < 1.29 is 22.0 Å². The van der Waals surface area contributed by atoms with E-state index < -0.39 is 26.6 Å². The second-order valence-electron chi connectivity index (χ2n) is 5.09. The van der Waals surface area contributed by atoms with E-state index in [1.807, 2.05) is 19.1 Å². The highest BCUT2D eigenvalue weighted by atomic mass is 32.2. The molecule has 24 heavy (non-hydrogen) atoms. The highest BCUT2D eigenvalue weighted by Gasteiger charge is 2.16. The summed E-state index contributed by atoms with van der Waals surface area (Å²) in [7, 11) is -4.01. The van der Waals surface area contributed by atoms with Gasteiger partial charge in [0.25, 0.3) is 0 Å². The van der Waals surface area contributed by atoms with Gasteiger partial charge < -0.3 is 5.32 Å². The van der Waals surface area contributed by atoms with Crippen molar-refractivity contribution in [1.29, 1.82) is 0 Å². The van der Waals surface area contributed by atoms with Gasteiger partial charge in [0.15, 0.2) is 11.6 Å². The number of benzene rings is 2. The Hall–Kier alpha value is -2.32. The summed E-state index contributed by atoms with van der Waals surface area (Å²) >= 11 is 0. The Morgan fingerprint density at radius 1 is 1.08 bits per heavy atom. The van der Waals surface area contributed by atoms with Gasteiger partial charge in [0.1, 0.15) is 0 Å². The first-order chi connectivity index (χ1) is 11.3. The van der Waals surface area contributed by atoms with Crippen LogP contribution in [0.4, 0.5) is 14.5 Å². The molecule has 5 nitrogen and oxygen atoms in total. The van der Waals surface area contributed by atoms with E-state index in [1.54, 1.807) is 12.1 Å². The Kier molecular flexibility index (Phi) is 5.63. The van der Waals surface area contributed by atoms with Crippen molar-refractivity contribution in [2.24, 2.45) is 0 Å². The third-order valence-corrected chi connectivity index (χ3v) is 4.72. The first-order valence-electron chi connectivity index (χ1n) is 7.10. The lowest BCUT2D eigenvalue weighted by molar-refractivity contribution is -0.116. The quantitative estimate of drug-likeness (QED) is 0.837. The molecule has 0 fully saturated rings. The van der Waals surface area contributed by atoms with Crippen molar-refractivity contribution in [3.63, 3.8) is 0 Å². The van der Waals surface area contributed by atoms with E-state index in [-0.39, 0.29) is 18.9 Å². The van der Waals surface area contributed by atoms with Gasteiger partial charge in [-0.2, -0.15) is 0 Å². The molecule has 0 aliphatic heterocycles. The molecule has 128 valence electrons. The molecule has 0 saturated carbocycles. The van der Waals surface area contributed by atoms with E-state index in [2.05, 4.69) is 10.0 Å². The number of carbonyl (C=O) groups is 1. The molecule has 0 aliphatic rings. The molecule has 0 unspecified atom stereocenters. The zero-order valence-corrected chi connectivity index (χ0v) is 13.7. The van der Waals surface area contributed by atoms with Crippen LogP contribution in [-0.2, 0) is 14.8 Å². The fourth-order valence-electron chi connectivity index (χ4n) is 1.95. The Labute approximate surface area is 138 Å². The van der Waals surface area contributed by atoms with E-state index in [0.717, 1.165) is 17.7 Å². The molecule has 0 heterocycles. The highest BCUT2D eigenvalue weighted by molar-refractivity contribution is 7.89. The van der Waals surface area contributed by atoms with Crippen LogP contribution in [0, 0.1) is 18.6 Å². The summed E-state index contributed by atoms with van der Waals surface area (Å²) in [5.74, 6) is -2.75. The lowest BCUT2D eigenvalue weighted by atomic mass is 10.2. The average Bonchev–Trinajstić information content (AvgIpc) is 2.52. The number of hydrogen-bond acceptors (Lipinski definition) is 3. The molecular weight excluding hydrogens is 338 g/mol. The van der Waals surface area contributed by atoms with E-state index >= 15 is 0 Å². The normalized spacial score (nSPS) is 11.3. The summed E-state index contributed by atoms with van der Waals surface area (Å²) in [6, 6.07) is 9.45. The Morgan fingerprint density at radius 2 is 1.79 bits per heavy atom. The number of amides is 1. The van der Waals surface area contributed by atoms with Crippen LogP contribution in [0.15, 0.2) is 47.4 Å². The topological polar surface area (TPSA) is 75.3 Å². The van der Waals surface area contributed by atoms with Crippen LogP contribution < -0.4 is 10.0 Å². The van der Waals surface area contributed by atoms with Gasteiger partial charge in [-0.15, -0.1) is 0 Å². The van der Waals surface area contributed by atoms with Crippen LogP contribution in [0.5, 0.6) is 0 Å². The molecule has 0 saturated heterocycles. The molecule has 0 atom stereocenters. The summed E-state index contributed by atoms with van der Waals surface area (Å²) in [6.07, 6.45) is -0.1000. The van der Waals surface area contributed by atoms with Gasteiger partial charge in [-0.1, -0.05) is 18.2 Å². The zero-order valence-electron chi connectivity index (χ0n) is 12.8. The molecule has 2 rings (SSSR count). The third-order valence-electron chi connectivity index (χ3n) is 3.26. The summed E-state index contributed by atoms with van der Waals surface area (Å²) < 4.78 is 52.0. The molecule has 0 aromatic heterocycles. The Bertz CT molecular complexity index is 854. The summed E-state index contributed by atoms with van der Waals surface area (Å²) in [6.45, 7) is 1.67. The van der Waals surface area contributed by atoms with E-state index in [9.17, 15) is 22.0 Å². The molecular formula is C16H16F2N2O3S. The predicted molar refractivity (Wildman–Crippen MR) is 86.0 cm³/mol. The summed E-state index contributed by atoms with van der Waals surface area (Å²) in [5, 5.41) is 2.67. The van der Waals surface area contributed by atoms with Gasteiger partial charge in [0, 0.05) is 18.7 Å². The van der Waals surface area contributed by atoms with Crippen molar-refractivity contribution in [2.75, 3.05) is 11.9 Å². The third kappa shape index (κ3) is 4.59. The molecule has 0 aliphatic carbocycles. The van der Waals surface area contributed by atoms with Gasteiger partial charge in [-0.05, 0) is 36.8 Å². The predicted octanol–water partition coefficient (Wildman–Crippen LogP) is 2.58. The molecule has 1 amide bonds. The summed E-state index contributed by atoms with van der Waals surface area (Å²) in [5.41, 5.74) is 1.53. The standard InChI is InChI=1S/C16H16F2N2O3S/c1-11-4-2-3-5-15(11)20-16(21)8-9-19-24(22,23)12-6-7-13(17)14(18)10-12/h2-7,10,19H,8-9H2,1H3,(H,20,21). The van der Waals surface area contributed by atoms with Crippen LogP contribution >= 0.6 is 0 Å². The summed E-state index contributed by atoms with van der Waals surface area (Å²) in [4.78, 5) is 11.4. The number of sulfonamides is 1. The van der Waals surface area contributed by atoms with Gasteiger partial charge in [-0.25, -0.2) is 21.9 Å². The fraction of sp³-hybridized carbons (Fsp3) is 0.188. The average molecular weight is 354 g/mol. The molecule has 2 aromatic carbocycles. The van der Waals surface area contributed by atoms with Crippen molar-refractivity contribution in [3.8, 4) is 0 Å². The maximum atomic E-state index is 13.1. The number of para-hydroxylation sites is 1. The minimum atomic E-state index is -4.01. The van der Waals surface area contributed by atoms with Crippen LogP contribution in [-0.4, -0.2) is 20.9 Å². The Balaban J connectivity index is 1.92. The van der Waals surface area contributed by atoms with Gasteiger partial charge >= 0.3 is 0 Å². The van der Waals surface area contributed by atoms with Gasteiger partial charge in [0.2, 0.25) is 15.9 Å². The first kappa shape index (κ1) is 18.0. The van der Waals surface area contributed by atoms with E-state index in [1.165, 1.54) is 0 Å². The van der Waals surface area contributed by atoms with Crippen molar-refractivity contribution in [3.05, 3.63) is 59.7 Å². The second-order valence-corrected chi connectivity index (χ2v) is 6.85. The maximum absolute atomic E-state index is 13.1. The number of halogens is 2. The van der Waals surface area contributed by atoms with Gasteiger partial charge in [-0.3, -0.25) is 4.79 Å². The fourth-order valence-corrected chi connectivity index (χ4v) is 3.00. The molecule has 0 bridgehead atoms.